The molecule has 0 aliphatic heterocycles. The van der Waals surface area contributed by atoms with E-state index in [1.165, 1.54) is 6.33 Å². The Bertz CT molecular complexity index is 450. The van der Waals surface area contributed by atoms with Crippen LogP contribution in [0.1, 0.15) is 30.6 Å². The molecule has 0 spiro atoms. The molecule has 1 aliphatic carbocycles. The van der Waals surface area contributed by atoms with Crippen molar-refractivity contribution in [1.82, 2.24) is 9.97 Å². The Hall–Kier alpha value is -1.20. The number of nitrogens with one attached hydrogen (secondary N) is 1. The second kappa shape index (κ2) is 4.23. The number of aromatic nitrogens is 2. The van der Waals surface area contributed by atoms with Gasteiger partial charge in [0, 0.05) is 11.5 Å². The number of aliphatic hydroxyl groups is 1. The Balaban J connectivity index is 2.20. The summed E-state index contributed by atoms with van der Waals surface area (Å²) in [5.74, 6) is 0.421. The summed E-state index contributed by atoms with van der Waals surface area (Å²) >= 11 is 5.80. The molecule has 2 N–H and O–H groups in total. The molecule has 1 saturated carbocycles. The fourth-order valence-corrected chi connectivity index (χ4v) is 2.08. The number of aliphatic hydroxyl groups excluding tert-OH is 1. The van der Waals surface area contributed by atoms with Crippen LogP contribution in [-0.2, 0) is 0 Å². The van der Waals surface area contributed by atoms with Gasteiger partial charge < -0.3 is 10.4 Å². The second-order valence-corrected chi connectivity index (χ2v) is 5.17. The molecule has 0 bridgehead atoms. The van der Waals surface area contributed by atoms with Crippen molar-refractivity contribution >= 4 is 23.7 Å². The van der Waals surface area contributed by atoms with Crippen molar-refractivity contribution in [2.45, 2.75) is 32.4 Å². The minimum atomic E-state index is -0.336. The van der Waals surface area contributed by atoms with E-state index in [4.69, 9.17) is 11.6 Å². The zero-order valence-corrected chi connectivity index (χ0v) is 10.4. The number of carbonyl (C=O) groups is 1. The van der Waals surface area contributed by atoms with Crippen molar-refractivity contribution in [2.24, 2.45) is 5.41 Å². The standard InChI is InChI=1S/C11H14ClN3O2/c1-11(2)7(3-8(11)17)15-10-6(4-16)9(12)13-5-14-10/h4-5,7-8,17H,3H2,1-2H3,(H,13,14,15). The number of rotatable bonds is 3. The molecule has 1 heterocycles. The highest BCUT2D eigenvalue weighted by Gasteiger charge is 2.47. The lowest BCUT2D eigenvalue weighted by Crippen LogP contribution is -2.57. The number of anilines is 1. The Morgan fingerprint density at radius 2 is 2.29 bits per heavy atom. The molecular weight excluding hydrogens is 242 g/mol. The third-order valence-corrected chi connectivity index (χ3v) is 3.78. The molecule has 0 amide bonds. The van der Waals surface area contributed by atoms with Gasteiger partial charge in [-0.3, -0.25) is 4.79 Å². The molecule has 1 aliphatic rings. The van der Waals surface area contributed by atoms with Crippen molar-refractivity contribution in [3.63, 3.8) is 0 Å². The number of nitrogens with zero attached hydrogens (tertiary/aromatic N) is 2. The Morgan fingerprint density at radius 1 is 1.59 bits per heavy atom. The van der Waals surface area contributed by atoms with E-state index in [2.05, 4.69) is 15.3 Å². The monoisotopic (exact) mass is 255 g/mol. The lowest BCUT2D eigenvalue weighted by atomic mass is 9.64. The first-order chi connectivity index (χ1) is 7.96. The molecule has 2 atom stereocenters. The van der Waals surface area contributed by atoms with Gasteiger partial charge in [0.25, 0.3) is 0 Å². The van der Waals surface area contributed by atoms with Crippen LogP contribution in [-0.4, -0.2) is 33.5 Å². The molecule has 6 heteroatoms. The maximum atomic E-state index is 10.9. The Morgan fingerprint density at radius 3 is 2.82 bits per heavy atom. The highest BCUT2D eigenvalue weighted by atomic mass is 35.5. The van der Waals surface area contributed by atoms with Crippen molar-refractivity contribution in [3.05, 3.63) is 17.0 Å². The van der Waals surface area contributed by atoms with Gasteiger partial charge in [0.1, 0.15) is 17.3 Å². The van der Waals surface area contributed by atoms with E-state index in [0.29, 0.717) is 18.5 Å². The summed E-state index contributed by atoms with van der Waals surface area (Å²) < 4.78 is 0. The van der Waals surface area contributed by atoms with E-state index >= 15 is 0 Å². The van der Waals surface area contributed by atoms with E-state index in [0.717, 1.165) is 0 Å². The molecule has 1 aromatic heterocycles. The average Bonchev–Trinajstić information content (AvgIpc) is 2.29. The van der Waals surface area contributed by atoms with Crippen LogP contribution in [0.4, 0.5) is 5.82 Å². The van der Waals surface area contributed by atoms with E-state index in [-0.39, 0.29) is 28.3 Å². The number of aldehydes is 1. The highest BCUT2D eigenvalue weighted by Crippen LogP contribution is 2.42. The van der Waals surface area contributed by atoms with Gasteiger partial charge in [0.2, 0.25) is 0 Å². The third kappa shape index (κ3) is 2.00. The van der Waals surface area contributed by atoms with Gasteiger partial charge in [-0.1, -0.05) is 25.4 Å². The molecule has 0 aromatic carbocycles. The number of hydrogen-bond acceptors (Lipinski definition) is 5. The van der Waals surface area contributed by atoms with Gasteiger partial charge >= 0.3 is 0 Å². The smallest absolute Gasteiger partial charge is 0.156 e. The minimum absolute atomic E-state index is 0.0715. The Kier molecular flexibility index (Phi) is 3.05. The van der Waals surface area contributed by atoms with Crippen LogP contribution in [0.3, 0.4) is 0 Å². The van der Waals surface area contributed by atoms with Crippen molar-refractivity contribution in [2.75, 3.05) is 5.32 Å². The van der Waals surface area contributed by atoms with Crippen LogP contribution in [0.25, 0.3) is 0 Å². The summed E-state index contributed by atoms with van der Waals surface area (Å²) in [5, 5.41) is 12.9. The number of carbonyl (C=O) groups excluding carboxylic acids is 1. The first kappa shape index (κ1) is 12.3. The predicted molar refractivity (Wildman–Crippen MR) is 64.2 cm³/mol. The van der Waals surface area contributed by atoms with Crippen LogP contribution < -0.4 is 5.32 Å². The van der Waals surface area contributed by atoms with Crippen LogP contribution in [0.15, 0.2) is 6.33 Å². The van der Waals surface area contributed by atoms with Gasteiger partial charge in [-0.2, -0.15) is 0 Å². The summed E-state index contributed by atoms with van der Waals surface area (Å²) in [7, 11) is 0. The zero-order chi connectivity index (χ0) is 12.6. The van der Waals surface area contributed by atoms with Crippen LogP contribution >= 0.6 is 11.6 Å². The first-order valence-electron chi connectivity index (χ1n) is 5.37. The van der Waals surface area contributed by atoms with Gasteiger partial charge in [-0.25, -0.2) is 9.97 Å². The Labute approximate surface area is 104 Å². The van der Waals surface area contributed by atoms with Crippen molar-refractivity contribution in [3.8, 4) is 0 Å². The lowest BCUT2D eigenvalue weighted by molar-refractivity contribution is -0.0511. The fourth-order valence-electron chi connectivity index (χ4n) is 1.91. The SMILES string of the molecule is CC1(C)C(O)CC1Nc1ncnc(Cl)c1C=O. The van der Waals surface area contributed by atoms with Crippen LogP contribution in [0, 0.1) is 5.41 Å². The number of hydrogen-bond donors (Lipinski definition) is 2. The van der Waals surface area contributed by atoms with Crippen molar-refractivity contribution in [1.29, 1.82) is 0 Å². The molecule has 2 rings (SSSR count). The van der Waals surface area contributed by atoms with Crippen LogP contribution in [0.2, 0.25) is 5.15 Å². The second-order valence-electron chi connectivity index (χ2n) is 4.81. The normalized spacial score (nSPS) is 26.1. The minimum Gasteiger partial charge on any atom is -0.392 e. The van der Waals surface area contributed by atoms with Crippen molar-refractivity contribution < 1.29 is 9.90 Å². The summed E-state index contributed by atoms with van der Waals surface area (Å²) in [4.78, 5) is 18.7. The van der Waals surface area contributed by atoms with E-state index in [1.807, 2.05) is 13.8 Å². The molecule has 0 saturated heterocycles. The molecule has 1 fully saturated rings. The van der Waals surface area contributed by atoms with Gasteiger partial charge in [0.15, 0.2) is 6.29 Å². The molecule has 0 radical (unpaired) electrons. The average molecular weight is 256 g/mol. The molecular formula is C11H14ClN3O2. The largest absolute Gasteiger partial charge is 0.392 e. The number of halogens is 1. The van der Waals surface area contributed by atoms with Crippen LogP contribution in [0.5, 0.6) is 0 Å². The van der Waals surface area contributed by atoms with E-state index < -0.39 is 0 Å². The summed E-state index contributed by atoms with van der Waals surface area (Å²) in [6.45, 7) is 3.92. The summed E-state index contributed by atoms with van der Waals surface area (Å²) in [5.41, 5.74) is 0.0174. The maximum absolute atomic E-state index is 10.9. The quantitative estimate of drug-likeness (QED) is 0.633. The topological polar surface area (TPSA) is 75.1 Å². The summed E-state index contributed by atoms with van der Waals surface area (Å²) in [6.07, 6.45) is 2.23. The molecule has 1 aromatic rings. The van der Waals surface area contributed by atoms with E-state index in [1.54, 1.807) is 0 Å². The van der Waals surface area contributed by atoms with Gasteiger partial charge in [-0.15, -0.1) is 0 Å². The highest BCUT2D eigenvalue weighted by molar-refractivity contribution is 6.32. The van der Waals surface area contributed by atoms with Gasteiger partial charge in [-0.05, 0) is 6.42 Å². The molecule has 17 heavy (non-hydrogen) atoms. The zero-order valence-electron chi connectivity index (χ0n) is 9.64. The summed E-state index contributed by atoms with van der Waals surface area (Å²) in [6, 6.07) is 0.0715. The molecule has 92 valence electrons. The van der Waals surface area contributed by atoms with Gasteiger partial charge in [0.05, 0.1) is 11.7 Å². The molecule has 5 nitrogen and oxygen atoms in total. The lowest BCUT2D eigenvalue weighted by Gasteiger charge is -2.49. The molecule has 2 unspecified atom stereocenters. The van der Waals surface area contributed by atoms with E-state index in [9.17, 15) is 9.90 Å². The first-order valence-corrected chi connectivity index (χ1v) is 5.75. The maximum Gasteiger partial charge on any atom is 0.156 e. The predicted octanol–water partition coefficient (Wildman–Crippen LogP) is 1.51. The third-order valence-electron chi connectivity index (χ3n) is 3.48. The fraction of sp³-hybridized carbons (Fsp3) is 0.545.